The number of rotatable bonds is 2. The molecule has 3 N–H and O–H groups in total. The molecule has 0 radical (unpaired) electrons. The summed E-state index contributed by atoms with van der Waals surface area (Å²) in [7, 11) is 0. The molecular weight excluding hydrogens is 236 g/mol. The van der Waals surface area contributed by atoms with Crippen LogP contribution in [0.3, 0.4) is 0 Å². The molecule has 1 aromatic rings. The molecule has 0 aromatic carbocycles. The number of pyridine rings is 1. The van der Waals surface area contributed by atoms with Gasteiger partial charge in [-0.05, 0) is 12.1 Å². The summed E-state index contributed by atoms with van der Waals surface area (Å²) in [6.45, 7) is 4.31. The Morgan fingerprint density at radius 3 is 3.06 bits per heavy atom. The van der Waals surface area contributed by atoms with Crippen LogP contribution in [-0.4, -0.2) is 40.1 Å². The van der Waals surface area contributed by atoms with Gasteiger partial charge < -0.3 is 15.8 Å². The summed E-state index contributed by atoms with van der Waals surface area (Å²) in [6.07, 6.45) is 1.77. The number of nitrogens with zero attached hydrogens (tertiary/aromatic N) is 3. The number of oxime groups is 1. The summed E-state index contributed by atoms with van der Waals surface area (Å²) in [5, 5.41) is 12.1. The number of aromatic nitrogens is 1. The lowest BCUT2D eigenvalue weighted by molar-refractivity contribution is 0.318. The van der Waals surface area contributed by atoms with Crippen molar-refractivity contribution in [2.24, 2.45) is 10.9 Å². The van der Waals surface area contributed by atoms with E-state index >= 15 is 0 Å². The van der Waals surface area contributed by atoms with Gasteiger partial charge in [-0.3, -0.25) is 4.98 Å². The normalized spacial score (nSPS) is 21.6. The molecule has 1 atom stereocenters. The van der Waals surface area contributed by atoms with Crippen LogP contribution in [0, 0.1) is 0 Å². The largest absolute Gasteiger partial charge is 0.409 e. The molecule has 1 fully saturated rings. The minimum atomic E-state index is 0.0408. The van der Waals surface area contributed by atoms with E-state index in [2.05, 4.69) is 22.0 Å². The number of hydrogen-bond donors (Lipinski definition) is 2. The standard InChI is InChI=1S/C11H16N4OS/c1-8-7-15(4-5-17-8)9-2-3-10(13-6-9)11(12)14-16/h2-3,6,8,16H,4-5,7H2,1H3,(H2,12,14). The third kappa shape index (κ3) is 2.82. The van der Waals surface area contributed by atoms with Crippen LogP contribution >= 0.6 is 11.8 Å². The van der Waals surface area contributed by atoms with Gasteiger partial charge in [0, 0.05) is 24.1 Å². The van der Waals surface area contributed by atoms with E-state index in [0.29, 0.717) is 10.9 Å². The highest BCUT2D eigenvalue weighted by molar-refractivity contribution is 8.00. The fourth-order valence-corrected chi connectivity index (χ4v) is 2.84. The molecule has 0 amide bonds. The number of hydrogen-bond acceptors (Lipinski definition) is 5. The van der Waals surface area contributed by atoms with E-state index in [1.165, 1.54) is 0 Å². The van der Waals surface area contributed by atoms with Crippen LogP contribution in [0.5, 0.6) is 0 Å². The maximum atomic E-state index is 8.55. The van der Waals surface area contributed by atoms with Gasteiger partial charge in [-0.15, -0.1) is 0 Å². The first kappa shape index (κ1) is 12.0. The van der Waals surface area contributed by atoms with Gasteiger partial charge in [-0.25, -0.2) is 0 Å². The minimum Gasteiger partial charge on any atom is -0.409 e. The first-order chi connectivity index (χ1) is 8.20. The lowest BCUT2D eigenvalue weighted by Crippen LogP contribution is -2.36. The lowest BCUT2D eigenvalue weighted by Gasteiger charge is -2.32. The molecule has 0 aliphatic carbocycles. The van der Waals surface area contributed by atoms with Crippen molar-refractivity contribution in [2.75, 3.05) is 23.7 Å². The Bertz CT molecular complexity index is 406. The van der Waals surface area contributed by atoms with Gasteiger partial charge in [0.05, 0.1) is 11.9 Å². The van der Waals surface area contributed by atoms with Gasteiger partial charge in [0.15, 0.2) is 5.84 Å². The number of amidine groups is 1. The van der Waals surface area contributed by atoms with Crippen molar-refractivity contribution in [2.45, 2.75) is 12.2 Å². The van der Waals surface area contributed by atoms with Crippen molar-refractivity contribution < 1.29 is 5.21 Å². The minimum absolute atomic E-state index is 0.0408. The Morgan fingerprint density at radius 1 is 1.65 bits per heavy atom. The maximum absolute atomic E-state index is 8.55. The Labute approximate surface area is 105 Å². The van der Waals surface area contributed by atoms with E-state index < -0.39 is 0 Å². The molecule has 0 bridgehead atoms. The van der Waals surface area contributed by atoms with E-state index in [4.69, 9.17) is 10.9 Å². The highest BCUT2D eigenvalue weighted by Gasteiger charge is 2.17. The van der Waals surface area contributed by atoms with Gasteiger partial charge in [0.25, 0.3) is 0 Å². The molecular formula is C11H16N4OS. The predicted octanol–water partition coefficient (Wildman–Crippen LogP) is 1.12. The fourth-order valence-electron chi connectivity index (χ4n) is 1.83. The highest BCUT2D eigenvalue weighted by Crippen LogP contribution is 2.23. The number of thioether (sulfide) groups is 1. The van der Waals surface area contributed by atoms with Crippen LogP contribution in [0.1, 0.15) is 12.6 Å². The van der Waals surface area contributed by atoms with Gasteiger partial charge in [-0.1, -0.05) is 12.1 Å². The molecule has 0 spiro atoms. The van der Waals surface area contributed by atoms with Crippen molar-refractivity contribution >= 4 is 23.3 Å². The van der Waals surface area contributed by atoms with E-state index in [1.807, 2.05) is 17.8 Å². The van der Waals surface area contributed by atoms with Crippen LogP contribution in [0.15, 0.2) is 23.5 Å². The van der Waals surface area contributed by atoms with E-state index in [0.717, 1.165) is 24.5 Å². The van der Waals surface area contributed by atoms with Gasteiger partial charge in [0.1, 0.15) is 5.69 Å². The average Bonchev–Trinajstić information content (AvgIpc) is 2.38. The van der Waals surface area contributed by atoms with Crippen LogP contribution in [0.25, 0.3) is 0 Å². The summed E-state index contributed by atoms with van der Waals surface area (Å²) in [6, 6.07) is 3.74. The van der Waals surface area contributed by atoms with E-state index in [1.54, 1.807) is 12.3 Å². The zero-order valence-electron chi connectivity index (χ0n) is 9.71. The third-order valence-corrected chi connectivity index (χ3v) is 3.86. The first-order valence-corrected chi connectivity index (χ1v) is 6.56. The molecule has 2 rings (SSSR count). The van der Waals surface area contributed by atoms with Crippen molar-refractivity contribution in [1.29, 1.82) is 0 Å². The molecule has 0 saturated carbocycles. The summed E-state index contributed by atoms with van der Waals surface area (Å²) in [4.78, 5) is 6.50. The van der Waals surface area contributed by atoms with Gasteiger partial charge >= 0.3 is 0 Å². The second kappa shape index (κ2) is 5.27. The Kier molecular flexibility index (Phi) is 3.73. The zero-order chi connectivity index (χ0) is 12.3. The Balaban J connectivity index is 2.12. The first-order valence-electron chi connectivity index (χ1n) is 5.51. The molecule has 6 heteroatoms. The average molecular weight is 252 g/mol. The van der Waals surface area contributed by atoms with Crippen LogP contribution < -0.4 is 10.6 Å². The smallest absolute Gasteiger partial charge is 0.188 e. The van der Waals surface area contributed by atoms with Gasteiger partial charge in [-0.2, -0.15) is 11.8 Å². The number of anilines is 1. The SMILES string of the molecule is CC1CN(c2ccc(/C(N)=N/O)nc2)CCS1. The summed E-state index contributed by atoms with van der Waals surface area (Å²) >= 11 is 1.99. The number of nitrogens with two attached hydrogens (primary N) is 1. The van der Waals surface area contributed by atoms with Crippen LogP contribution in [0.2, 0.25) is 0 Å². The van der Waals surface area contributed by atoms with Crippen LogP contribution in [-0.2, 0) is 0 Å². The lowest BCUT2D eigenvalue weighted by atomic mass is 10.2. The summed E-state index contributed by atoms with van der Waals surface area (Å²) in [5.74, 6) is 1.18. The molecule has 92 valence electrons. The molecule has 17 heavy (non-hydrogen) atoms. The van der Waals surface area contributed by atoms with Gasteiger partial charge in [0.2, 0.25) is 0 Å². The second-order valence-corrected chi connectivity index (χ2v) is 5.56. The van der Waals surface area contributed by atoms with Crippen molar-refractivity contribution in [3.8, 4) is 0 Å². The molecule has 1 unspecified atom stereocenters. The quantitative estimate of drug-likeness (QED) is 0.357. The Hall–Kier alpha value is -1.43. The second-order valence-electron chi connectivity index (χ2n) is 4.01. The topological polar surface area (TPSA) is 74.7 Å². The van der Waals surface area contributed by atoms with E-state index in [-0.39, 0.29) is 5.84 Å². The molecule has 1 saturated heterocycles. The van der Waals surface area contributed by atoms with Crippen molar-refractivity contribution in [3.63, 3.8) is 0 Å². The monoisotopic (exact) mass is 252 g/mol. The fraction of sp³-hybridized carbons (Fsp3) is 0.455. The molecule has 5 nitrogen and oxygen atoms in total. The third-order valence-electron chi connectivity index (χ3n) is 2.72. The van der Waals surface area contributed by atoms with Crippen LogP contribution in [0.4, 0.5) is 5.69 Å². The molecule has 1 aromatic heterocycles. The molecule has 1 aliphatic rings. The molecule has 2 heterocycles. The molecule has 1 aliphatic heterocycles. The summed E-state index contributed by atoms with van der Waals surface area (Å²) < 4.78 is 0. The maximum Gasteiger partial charge on any atom is 0.188 e. The van der Waals surface area contributed by atoms with Crippen molar-refractivity contribution in [1.82, 2.24) is 4.98 Å². The predicted molar refractivity (Wildman–Crippen MR) is 70.9 cm³/mol. The Morgan fingerprint density at radius 2 is 2.47 bits per heavy atom. The highest BCUT2D eigenvalue weighted by atomic mass is 32.2. The van der Waals surface area contributed by atoms with E-state index in [9.17, 15) is 0 Å². The zero-order valence-corrected chi connectivity index (χ0v) is 10.5. The van der Waals surface area contributed by atoms with Crippen molar-refractivity contribution in [3.05, 3.63) is 24.0 Å². The summed E-state index contributed by atoms with van der Waals surface area (Å²) in [5.41, 5.74) is 7.05.